The van der Waals surface area contributed by atoms with Crippen LogP contribution < -0.4 is 20.4 Å². The first kappa shape index (κ1) is 24.2. The minimum atomic E-state index is -2.44. The van der Waals surface area contributed by atoms with Crippen molar-refractivity contribution in [3.63, 3.8) is 0 Å². The van der Waals surface area contributed by atoms with Crippen molar-refractivity contribution >= 4 is 23.9 Å². The zero-order valence-electron chi connectivity index (χ0n) is 9.68. The predicted octanol–water partition coefficient (Wildman–Crippen LogP) is -9.59. The van der Waals surface area contributed by atoms with Crippen molar-refractivity contribution in [2.45, 2.75) is 24.4 Å². The Balaban J connectivity index is -0.000000295. The number of carboxylic acids is 4. The Morgan fingerprint density at radius 3 is 0.667 bits per heavy atom. The average molecular weight is 355 g/mol. The van der Waals surface area contributed by atoms with Crippen LogP contribution in [-0.2, 0) is 35.7 Å². The number of hydrogen-bond acceptors (Lipinski definition) is 12. The fraction of sp³-hybridized carbons (Fsp3) is 0.500. The van der Waals surface area contributed by atoms with Crippen LogP contribution in [0.2, 0.25) is 0 Å². The molecular weight excluding hydrogens is 347 g/mol. The van der Waals surface area contributed by atoms with E-state index < -0.39 is 48.3 Å². The van der Waals surface area contributed by atoms with Gasteiger partial charge in [0, 0.05) is 0 Å². The average Bonchev–Trinajstić information content (AvgIpc) is 2.35. The van der Waals surface area contributed by atoms with Crippen molar-refractivity contribution < 1.29 is 76.5 Å². The fourth-order valence-corrected chi connectivity index (χ4v) is 0.516. The normalized spacial score (nSPS) is 15.0. The van der Waals surface area contributed by atoms with Crippen LogP contribution in [0, 0.1) is 0 Å². The summed E-state index contributed by atoms with van der Waals surface area (Å²) in [5.74, 6) is -8.23. The minimum Gasteiger partial charge on any atom is -0.547 e. The fourth-order valence-electron chi connectivity index (χ4n) is 0.516. The quantitative estimate of drug-likeness (QED) is 0.325. The standard InChI is InChI=1S/2C4H6O6.Ni/c2*5-1(3(7)8)2(6)4(9)10;/h2*1-2,5-6H,(H,7,8)(H,9,10);/q;;+2/p-4/t2*1-,2-;/m11./s1. The van der Waals surface area contributed by atoms with Gasteiger partial charge in [-0.25, -0.2) is 0 Å². The van der Waals surface area contributed by atoms with E-state index in [1.54, 1.807) is 0 Å². The van der Waals surface area contributed by atoms with Crippen LogP contribution in [0.1, 0.15) is 0 Å². The smallest absolute Gasteiger partial charge is 0.547 e. The molecule has 0 radical (unpaired) electrons. The van der Waals surface area contributed by atoms with Crippen LogP contribution in [0.5, 0.6) is 0 Å². The van der Waals surface area contributed by atoms with Gasteiger partial charge in [-0.15, -0.1) is 0 Å². The van der Waals surface area contributed by atoms with E-state index >= 15 is 0 Å². The van der Waals surface area contributed by atoms with Crippen molar-refractivity contribution in [3.8, 4) is 0 Å². The molecule has 0 rings (SSSR count). The summed E-state index contributed by atoms with van der Waals surface area (Å²) in [5.41, 5.74) is 0. The van der Waals surface area contributed by atoms with E-state index in [1.807, 2.05) is 0 Å². The molecule has 0 aliphatic heterocycles. The van der Waals surface area contributed by atoms with Crippen LogP contribution in [0.4, 0.5) is 0 Å². The molecule has 0 aliphatic carbocycles. The Labute approximate surface area is 125 Å². The third-order valence-electron chi connectivity index (χ3n) is 1.56. The first-order valence-corrected chi connectivity index (χ1v) is 4.49. The molecule has 0 aromatic carbocycles. The van der Waals surface area contributed by atoms with E-state index in [9.17, 15) is 39.6 Å². The monoisotopic (exact) mass is 354 g/mol. The molecule has 0 amide bonds. The molecule has 4 atom stereocenters. The van der Waals surface area contributed by atoms with Crippen LogP contribution in [0.25, 0.3) is 0 Å². The number of aliphatic hydroxyl groups is 4. The van der Waals surface area contributed by atoms with Gasteiger partial charge < -0.3 is 60.0 Å². The first-order chi connectivity index (χ1) is 8.93. The Kier molecular flexibility index (Phi) is 12.6. The van der Waals surface area contributed by atoms with Crippen LogP contribution in [0.15, 0.2) is 0 Å². The van der Waals surface area contributed by atoms with Crippen LogP contribution in [-0.4, -0.2) is 68.7 Å². The van der Waals surface area contributed by atoms with E-state index in [4.69, 9.17) is 20.4 Å². The Hall–Kier alpha value is -1.79. The van der Waals surface area contributed by atoms with Crippen molar-refractivity contribution in [3.05, 3.63) is 0 Å². The van der Waals surface area contributed by atoms with Crippen molar-refractivity contribution in [2.75, 3.05) is 0 Å². The molecule has 4 N–H and O–H groups in total. The molecule has 0 heterocycles. The largest absolute Gasteiger partial charge is 2.00 e. The number of carbonyl (C=O) groups is 4. The number of carbonyl (C=O) groups excluding carboxylic acids is 4. The number of hydrogen-bond donors (Lipinski definition) is 4. The molecular formula is C8H8NiO12-2. The summed E-state index contributed by atoms with van der Waals surface area (Å²) in [7, 11) is 0. The second-order valence-corrected chi connectivity index (χ2v) is 3.06. The Morgan fingerprint density at radius 2 is 0.619 bits per heavy atom. The van der Waals surface area contributed by atoms with Crippen molar-refractivity contribution in [1.82, 2.24) is 0 Å². The summed E-state index contributed by atoms with van der Waals surface area (Å²) in [5, 5.41) is 71.5. The Bertz CT molecular complexity index is 309. The molecule has 0 aromatic heterocycles. The van der Waals surface area contributed by atoms with E-state index in [1.165, 1.54) is 0 Å². The molecule has 0 saturated carbocycles. The molecule has 0 bridgehead atoms. The molecule has 0 unspecified atom stereocenters. The summed E-state index contributed by atoms with van der Waals surface area (Å²) in [6.07, 6.45) is -9.76. The van der Waals surface area contributed by atoms with E-state index in [2.05, 4.69) is 0 Å². The van der Waals surface area contributed by atoms with E-state index in [0.29, 0.717) is 0 Å². The molecule has 0 aliphatic rings. The maximum Gasteiger partial charge on any atom is 2.00 e. The van der Waals surface area contributed by atoms with Gasteiger partial charge >= 0.3 is 16.5 Å². The molecule has 13 heteroatoms. The van der Waals surface area contributed by atoms with Gasteiger partial charge in [0.05, 0.1) is 23.9 Å². The number of carboxylic acid groups (broad SMARTS) is 4. The molecule has 21 heavy (non-hydrogen) atoms. The second-order valence-electron chi connectivity index (χ2n) is 3.06. The number of aliphatic carboxylic acids is 4. The van der Waals surface area contributed by atoms with Gasteiger partial charge in [-0.05, 0) is 0 Å². The van der Waals surface area contributed by atoms with Gasteiger partial charge in [0.15, 0.2) is 0 Å². The summed E-state index contributed by atoms with van der Waals surface area (Å²) in [6.45, 7) is 0. The molecule has 0 fully saturated rings. The molecule has 0 aromatic rings. The van der Waals surface area contributed by atoms with Gasteiger partial charge in [0.1, 0.15) is 24.4 Å². The maximum atomic E-state index is 9.63. The number of rotatable bonds is 6. The topological polar surface area (TPSA) is 241 Å². The van der Waals surface area contributed by atoms with Crippen LogP contribution in [0.3, 0.4) is 0 Å². The zero-order chi connectivity index (χ0) is 16.6. The summed E-state index contributed by atoms with van der Waals surface area (Å²) in [4.78, 5) is 38.5. The molecule has 124 valence electrons. The first-order valence-electron chi connectivity index (χ1n) is 4.49. The van der Waals surface area contributed by atoms with Gasteiger partial charge in [0.2, 0.25) is 0 Å². The zero-order valence-corrected chi connectivity index (χ0v) is 10.7. The minimum absolute atomic E-state index is 0. The summed E-state index contributed by atoms with van der Waals surface area (Å²) >= 11 is 0. The Morgan fingerprint density at radius 1 is 0.524 bits per heavy atom. The third-order valence-corrected chi connectivity index (χ3v) is 1.56. The predicted molar refractivity (Wildman–Crippen MR) is 44.1 cm³/mol. The maximum absolute atomic E-state index is 9.63. The second kappa shape index (κ2) is 10.9. The van der Waals surface area contributed by atoms with Crippen molar-refractivity contribution in [1.29, 1.82) is 0 Å². The van der Waals surface area contributed by atoms with E-state index in [0.717, 1.165) is 0 Å². The van der Waals surface area contributed by atoms with Gasteiger partial charge in [0.25, 0.3) is 0 Å². The molecule has 0 saturated heterocycles. The SMILES string of the molecule is O=C([O-])[C@H](O)[C@@H](O)C(=O)[O-].O=C([O-])[C@H](O)[C@@H](O)C(=O)[O-].[Ni+2]. The summed E-state index contributed by atoms with van der Waals surface area (Å²) in [6, 6.07) is 0. The van der Waals surface area contributed by atoms with Gasteiger partial charge in [-0.1, -0.05) is 0 Å². The molecule has 12 nitrogen and oxygen atoms in total. The van der Waals surface area contributed by atoms with Gasteiger partial charge in [-0.3, -0.25) is 0 Å². The number of aliphatic hydroxyl groups excluding tert-OH is 4. The summed E-state index contributed by atoms with van der Waals surface area (Å²) < 4.78 is 0. The van der Waals surface area contributed by atoms with E-state index in [-0.39, 0.29) is 16.5 Å². The third kappa shape index (κ3) is 9.70. The molecule has 0 spiro atoms. The van der Waals surface area contributed by atoms with Crippen LogP contribution >= 0.6 is 0 Å². The van der Waals surface area contributed by atoms with Gasteiger partial charge in [-0.2, -0.15) is 0 Å². The van der Waals surface area contributed by atoms with Crippen molar-refractivity contribution in [2.24, 2.45) is 0 Å².